The van der Waals surface area contributed by atoms with E-state index in [1.54, 1.807) is 12.1 Å². The molecule has 0 saturated heterocycles. The smallest absolute Gasteiger partial charge is 0.236 e. The fourth-order valence-corrected chi connectivity index (χ4v) is 2.84. The number of benzene rings is 2. The van der Waals surface area contributed by atoms with Crippen LogP contribution < -0.4 is 4.72 Å². The summed E-state index contributed by atoms with van der Waals surface area (Å²) in [5, 5.41) is 0. The van der Waals surface area contributed by atoms with Gasteiger partial charge in [-0.05, 0) is 36.8 Å². The monoisotopic (exact) mass is 279 g/mol. The van der Waals surface area contributed by atoms with Crippen LogP contribution in [0.25, 0.3) is 0 Å². The summed E-state index contributed by atoms with van der Waals surface area (Å²) in [7, 11) is -3.49. The van der Waals surface area contributed by atoms with Crippen LogP contribution in [-0.2, 0) is 15.8 Å². The maximum atomic E-state index is 12.7. The lowest BCUT2D eigenvalue weighted by molar-refractivity contribution is 0.600. The van der Waals surface area contributed by atoms with Gasteiger partial charge in [0.25, 0.3) is 0 Å². The summed E-state index contributed by atoms with van der Waals surface area (Å²) in [4.78, 5) is 0. The van der Waals surface area contributed by atoms with Gasteiger partial charge in [0.15, 0.2) is 0 Å². The summed E-state index contributed by atoms with van der Waals surface area (Å²) in [6.07, 6.45) is 0. The molecule has 0 atom stereocenters. The molecule has 0 aliphatic carbocycles. The highest BCUT2D eigenvalue weighted by Crippen LogP contribution is 2.13. The van der Waals surface area contributed by atoms with Gasteiger partial charge in [0.2, 0.25) is 10.0 Å². The molecule has 0 amide bonds. The molecule has 2 rings (SSSR count). The Morgan fingerprint density at radius 3 is 2.16 bits per heavy atom. The van der Waals surface area contributed by atoms with Gasteiger partial charge in [-0.2, -0.15) is 0 Å². The van der Waals surface area contributed by atoms with Gasteiger partial charge in [-0.15, -0.1) is 0 Å². The Kier molecular flexibility index (Phi) is 3.85. The Bertz CT molecular complexity index is 595. The van der Waals surface area contributed by atoms with Crippen molar-refractivity contribution >= 4 is 15.7 Å². The number of hydrogen-bond donors (Lipinski definition) is 1. The van der Waals surface area contributed by atoms with Gasteiger partial charge in [-0.1, -0.05) is 29.8 Å². The van der Waals surface area contributed by atoms with Gasteiger partial charge in [0.05, 0.1) is 5.75 Å². The quantitative estimate of drug-likeness (QED) is 0.935. The van der Waals surface area contributed by atoms with E-state index in [0.29, 0.717) is 11.3 Å². The number of hydrogen-bond acceptors (Lipinski definition) is 2. The van der Waals surface area contributed by atoms with Gasteiger partial charge < -0.3 is 0 Å². The fraction of sp³-hybridized carbons (Fsp3) is 0.143. The first-order chi connectivity index (χ1) is 8.94. The molecule has 0 aromatic heterocycles. The standard InChI is InChI=1S/C14H14FNO2S/c1-11-2-4-12(5-3-11)10-19(17,18)16-14-8-6-13(15)7-9-14/h2-9,16H,10H2,1H3. The van der Waals surface area contributed by atoms with E-state index < -0.39 is 15.8 Å². The summed E-state index contributed by atoms with van der Waals surface area (Å²) < 4.78 is 39.0. The molecule has 0 unspecified atom stereocenters. The van der Waals surface area contributed by atoms with Crippen LogP contribution in [0.1, 0.15) is 11.1 Å². The van der Waals surface area contributed by atoms with E-state index in [0.717, 1.165) is 5.56 Å². The lowest BCUT2D eigenvalue weighted by atomic mass is 10.2. The third kappa shape index (κ3) is 4.06. The van der Waals surface area contributed by atoms with Crippen molar-refractivity contribution < 1.29 is 12.8 Å². The second kappa shape index (κ2) is 5.40. The van der Waals surface area contributed by atoms with E-state index in [1.165, 1.54) is 24.3 Å². The van der Waals surface area contributed by atoms with Crippen LogP contribution in [-0.4, -0.2) is 8.42 Å². The van der Waals surface area contributed by atoms with Crippen molar-refractivity contribution in [2.24, 2.45) is 0 Å². The van der Waals surface area contributed by atoms with Gasteiger partial charge in [0, 0.05) is 5.69 Å². The third-order valence-electron chi connectivity index (χ3n) is 2.59. The van der Waals surface area contributed by atoms with E-state index in [2.05, 4.69) is 4.72 Å². The lowest BCUT2D eigenvalue weighted by Crippen LogP contribution is -2.15. The maximum absolute atomic E-state index is 12.7. The topological polar surface area (TPSA) is 46.2 Å². The first kappa shape index (κ1) is 13.5. The summed E-state index contributed by atoms with van der Waals surface area (Å²) in [6, 6.07) is 12.5. The van der Waals surface area contributed by atoms with Crippen LogP contribution in [0.2, 0.25) is 0 Å². The Morgan fingerprint density at radius 1 is 1.00 bits per heavy atom. The predicted molar refractivity (Wildman–Crippen MR) is 73.8 cm³/mol. The van der Waals surface area contributed by atoms with Crippen LogP contribution in [0.4, 0.5) is 10.1 Å². The molecule has 2 aromatic carbocycles. The number of nitrogens with one attached hydrogen (secondary N) is 1. The SMILES string of the molecule is Cc1ccc(CS(=O)(=O)Nc2ccc(F)cc2)cc1. The molecule has 2 aromatic rings. The van der Waals surface area contributed by atoms with Crippen molar-refractivity contribution in [1.29, 1.82) is 0 Å². The highest BCUT2D eigenvalue weighted by atomic mass is 32.2. The molecule has 100 valence electrons. The molecule has 3 nitrogen and oxygen atoms in total. The molecule has 0 aliphatic heterocycles. The highest BCUT2D eigenvalue weighted by molar-refractivity contribution is 7.91. The highest BCUT2D eigenvalue weighted by Gasteiger charge is 2.11. The van der Waals surface area contributed by atoms with Gasteiger partial charge in [-0.3, -0.25) is 4.72 Å². The number of aryl methyl sites for hydroxylation is 1. The summed E-state index contributed by atoms with van der Waals surface area (Å²) >= 11 is 0. The molecule has 0 aliphatic rings. The Balaban J connectivity index is 2.10. The molecule has 0 radical (unpaired) electrons. The molecule has 0 fully saturated rings. The summed E-state index contributed by atoms with van der Waals surface area (Å²) in [5.41, 5.74) is 2.14. The second-order valence-electron chi connectivity index (χ2n) is 4.35. The van der Waals surface area contributed by atoms with Crippen molar-refractivity contribution in [3.63, 3.8) is 0 Å². The van der Waals surface area contributed by atoms with Crippen LogP contribution in [0.3, 0.4) is 0 Å². The largest absolute Gasteiger partial charge is 0.283 e. The zero-order valence-electron chi connectivity index (χ0n) is 10.4. The van der Waals surface area contributed by atoms with Crippen molar-refractivity contribution in [3.05, 3.63) is 65.5 Å². The Hall–Kier alpha value is -1.88. The van der Waals surface area contributed by atoms with E-state index in [9.17, 15) is 12.8 Å². The van der Waals surface area contributed by atoms with Gasteiger partial charge in [0.1, 0.15) is 5.82 Å². The van der Waals surface area contributed by atoms with Crippen molar-refractivity contribution in [2.45, 2.75) is 12.7 Å². The predicted octanol–water partition coefficient (Wildman–Crippen LogP) is 3.08. The minimum Gasteiger partial charge on any atom is -0.283 e. The number of halogens is 1. The molecule has 0 saturated carbocycles. The first-order valence-electron chi connectivity index (χ1n) is 5.76. The maximum Gasteiger partial charge on any atom is 0.236 e. The molecule has 1 N–H and O–H groups in total. The van der Waals surface area contributed by atoms with E-state index in [4.69, 9.17) is 0 Å². The molecule has 5 heteroatoms. The molecule has 0 spiro atoms. The van der Waals surface area contributed by atoms with E-state index in [1.807, 2.05) is 19.1 Å². The van der Waals surface area contributed by atoms with Gasteiger partial charge in [-0.25, -0.2) is 12.8 Å². The summed E-state index contributed by atoms with van der Waals surface area (Å²) in [5.74, 6) is -0.508. The molecule has 19 heavy (non-hydrogen) atoms. The Morgan fingerprint density at radius 2 is 1.58 bits per heavy atom. The molecule has 0 bridgehead atoms. The van der Waals surface area contributed by atoms with Crippen molar-refractivity contribution in [2.75, 3.05) is 4.72 Å². The second-order valence-corrected chi connectivity index (χ2v) is 6.08. The number of sulfonamides is 1. The lowest BCUT2D eigenvalue weighted by Gasteiger charge is -2.08. The zero-order chi connectivity index (χ0) is 13.9. The molecular weight excluding hydrogens is 265 g/mol. The first-order valence-corrected chi connectivity index (χ1v) is 7.41. The molecule has 0 heterocycles. The minimum absolute atomic E-state index is 0.106. The number of anilines is 1. The normalized spacial score (nSPS) is 11.3. The van der Waals surface area contributed by atoms with Crippen molar-refractivity contribution in [1.82, 2.24) is 0 Å². The Labute approximate surface area is 112 Å². The average Bonchev–Trinajstić information content (AvgIpc) is 2.34. The zero-order valence-corrected chi connectivity index (χ0v) is 11.2. The third-order valence-corrected chi connectivity index (χ3v) is 3.85. The minimum atomic E-state index is -3.49. The van der Waals surface area contributed by atoms with E-state index >= 15 is 0 Å². The van der Waals surface area contributed by atoms with Crippen LogP contribution in [0.15, 0.2) is 48.5 Å². The molecular formula is C14H14FNO2S. The fourth-order valence-electron chi connectivity index (χ4n) is 1.64. The van der Waals surface area contributed by atoms with E-state index in [-0.39, 0.29) is 5.75 Å². The average molecular weight is 279 g/mol. The number of rotatable bonds is 4. The summed E-state index contributed by atoms with van der Waals surface area (Å²) in [6.45, 7) is 1.94. The van der Waals surface area contributed by atoms with Gasteiger partial charge >= 0.3 is 0 Å². The van der Waals surface area contributed by atoms with Crippen LogP contribution in [0, 0.1) is 12.7 Å². The van der Waals surface area contributed by atoms with Crippen molar-refractivity contribution in [3.8, 4) is 0 Å². The van der Waals surface area contributed by atoms with Crippen LogP contribution >= 0.6 is 0 Å². The van der Waals surface area contributed by atoms with Crippen LogP contribution in [0.5, 0.6) is 0 Å².